The van der Waals surface area contributed by atoms with Crippen LogP contribution in [0.5, 0.6) is 5.75 Å². The highest BCUT2D eigenvalue weighted by Gasteiger charge is 2.63. The number of carbonyl (C=O) groups is 3. The molecular weight excluding hydrogens is 564 g/mol. The number of allylic oxidation sites excluding steroid dienone is 1. The summed E-state index contributed by atoms with van der Waals surface area (Å²) in [6.45, 7) is 6.75. The number of hydrogen-bond donors (Lipinski definition) is 5. The Morgan fingerprint density at radius 3 is 2.25 bits per heavy atom. The van der Waals surface area contributed by atoms with Crippen molar-refractivity contribution < 1.29 is 34.8 Å². The molecule has 1 fully saturated rings. The molecule has 44 heavy (non-hydrogen) atoms. The predicted molar refractivity (Wildman–Crippen MR) is 166 cm³/mol. The summed E-state index contributed by atoms with van der Waals surface area (Å²) >= 11 is 0. The first kappa shape index (κ1) is 32.0. The fourth-order valence-corrected chi connectivity index (χ4v) is 8.35. The van der Waals surface area contributed by atoms with Crippen LogP contribution >= 0.6 is 0 Å². The van der Waals surface area contributed by atoms with Crippen molar-refractivity contribution in [2.45, 2.75) is 70.6 Å². The van der Waals surface area contributed by atoms with E-state index in [1.165, 1.54) is 19.3 Å². The number of benzene rings is 1. The summed E-state index contributed by atoms with van der Waals surface area (Å²) in [5, 5.41) is 45.7. The van der Waals surface area contributed by atoms with Gasteiger partial charge in [-0.3, -0.25) is 24.2 Å². The van der Waals surface area contributed by atoms with Gasteiger partial charge in [0.15, 0.2) is 11.4 Å². The van der Waals surface area contributed by atoms with Crippen LogP contribution < -0.4 is 10.6 Å². The number of aliphatic hydroxyl groups excluding tert-OH is 2. The Hall–Kier alpha value is -3.41. The van der Waals surface area contributed by atoms with Gasteiger partial charge < -0.3 is 31.1 Å². The van der Waals surface area contributed by atoms with Gasteiger partial charge in [0, 0.05) is 44.4 Å². The molecule has 0 aromatic heterocycles. The SMILES string of the molecule is CCN(Cc1cc(O)c2c(c1N(C)C)C[C@H]1C[C@H]3[C@H](N(C)C)C(O)=C(C(N)=O)C(=O)[C@@]3(O)C(O)=C1C2=O)CC1(CC)CCC1. The van der Waals surface area contributed by atoms with E-state index in [0.717, 1.165) is 30.8 Å². The Morgan fingerprint density at radius 1 is 1.09 bits per heavy atom. The van der Waals surface area contributed by atoms with Crippen molar-refractivity contribution in [3.8, 4) is 5.75 Å². The molecule has 0 heterocycles. The molecule has 1 saturated carbocycles. The number of hydrogen-bond acceptors (Lipinski definition) is 10. The standard InChI is InChI=1S/C33H46N4O7/c1-7-32(10-9-11-32)16-37(8-2)15-18-14-21(38)23-19(25(18)35(3)4)12-17-13-20-26(36(5)6)28(40)24(31(34)43)30(42)33(20,44)29(41)22(17)27(23)39/h14,17,20,26,38,40-41,44H,7-13,15-16H2,1-6H3,(H2,34,43)/t17-,20-,26-,33-/m0/s1. The minimum Gasteiger partial charge on any atom is -0.510 e. The molecule has 0 bridgehead atoms. The number of nitrogens with two attached hydrogens (primary N) is 1. The van der Waals surface area contributed by atoms with Gasteiger partial charge in [0.05, 0.1) is 11.6 Å². The van der Waals surface area contributed by atoms with Crippen LogP contribution in [0.3, 0.4) is 0 Å². The minimum absolute atomic E-state index is 0.0327. The molecule has 0 radical (unpaired) electrons. The molecule has 4 atom stereocenters. The summed E-state index contributed by atoms with van der Waals surface area (Å²) in [4.78, 5) is 45.8. The van der Waals surface area contributed by atoms with E-state index in [9.17, 15) is 34.8 Å². The summed E-state index contributed by atoms with van der Waals surface area (Å²) < 4.78 is 0. The maximum atomic E-state index is 14.1. The molecule has 6 N–H and O–H groups in total. The highest BCUT2D eigenvalue weighted by atomic mass is 16.3. The Bertz CT molecular complexity index is 1470. The van der Waals surface area contributed by atoms with Gasteiger partial charge in [-0.2, -0.15) is 0 Å². The van der Waals surface area contributed by atoms with Crippen LogP contribution in [0.2, 0.25) is 0 Å². The highest BCUT2D eigenvalue weighted by Crippen LogP contribution is 2.53. The predicted octanol–water partition coefficient (Wildman–Crippen LogP) is 2.59. The van der Waals surface area contributed by atoms with E-state index in [4.69, 9.17) is 5.73 Å². The Kier molecular flexibility index (Phi) is 8.14. The van der Waals surface area contributed by atoms with E-state index in [2.05, 4.69) is 18.7 Å². The molecule has 0 unspecified atom stereocenters. The van der Waals surface area contributed by atoms with Crippen molar-refractivity contribution in [1.29, 1.82) is 0 Å². The topological polar surface area (TPSA) is 168 Å². The number of aliphatic hydroxyl groups is 3. The van der Waals surface area contributed by atoms with E-state index in [0.29, 0.717) is 17.5 Å². The Morgan fingerprint density at radius 2 is 1.75 bits per heavy atom. The number of anilines is 1. The second kappa shape index (κ2) is 11.2. The van der Waals surface area contributed by atoms with Crippen LogP contribution in [0.15, 0.2) is 28.7 Å². The minimum atomic E-state index is -2.65. The number of primary amides is 1. The zero-order valence-corrected chi connectivity index (χ0v) is 26.6. The van der Waals surface area contributed by atoms with Gasteiger partial charge in [-0.1, -0.05) is 20.3 Å². The first-order chi connectivity index (χ1) is 20.6. The van der Waals surface area contributed by atoms with Crippen LogP contribution in [0.1, 0.15) is 67.4 Å². The van der Waals surface area contributed by atoms with Gasteiger partial charge in [0.25, 0.3) is 5.91 Å². The number of aromatic hydroxyl groups is 1. The van der Waals surface area contributed by atoms with Gasteiger partial charge >= 0.3 is 0 Å². The largest absolute Gasteiger partial charge is 0.510 e. The third-order valence-corrected chi connectivity index (χ3v) is 10.8. The number of likely N-dealkylation sites (N-methyl/N-ethyl adjacent to an activating group) is 1. The normalized spacial score (nSPS) is 27.7. The number of phenols is 1. The van der Waals surface area contributed by atoms with Crippen molar-refractivity contribution in [2.24, 2.45) is 23.0 Å². The lowest BCUT2D eigenvalue weighted by Crippen LogP contribution is -2.63. The Balaban J connectivity index is 1.62. The lowest BCUT2D eigenvalue weighted by Gasteiger charge is -2.50. The third kappa shape index (κ3) is 4.62. The van der Waals surface area contributed by atoms with Crippen LogP contribution in [0, 0.1) is 17.3 Å². The smallest absolute Gasteiger partial charge is 0.255 e. The zero-order valence-electron chi connectivity index (χ0n) is 26.6. The van der Waals surface area contributed by atoms with Crippen molar-refractivity contribution >= 4 is 23.2 Å². The number of rotatable bonds is 9. The van der Waals surface area contributed by atoms with Crippen molar-refractivity contribution in [2.75, 3.05) is 46.2 Å². The summed E-state index contributed by atoms with van der Waals surface area (Å²) in [5.74, 6) is -6.48. The number of ketones is 2. The lowest BCUT2D eigenvalue weighted by atomic mass is 9.58. The maximum absolute atomic E-state index is 14.1. The molecular formula is C33H46N4O7. The number of fused-ring (bicyclic) bond motifs is 3. The molecule has 0 spiro atoms. The Labute approximate surface area is 258 Å². The first-order valence-electron chi connectivity index (χ1n) is 15.6. The van der Waals surface area contributed by atoms with Gasteiger partial charge in [0.2, 0.25) is 5.78 Å². The van der Waals surface area contributed by atoms with Crippen molar-refractivity contribution in [1.82, 2.24) is 9.80 Å². The van der Waals surface area contributed by atoms with Crippen LogP contribution in [-0.2, 0) is 22.6 Å². The van der Waals surface area contributed by atoms with E-state index in [-0.39, 0.29) is 29.7 Å². The van der Waals surface area contributed by atoms with Crippen LogP contribution in [0.4, 0.5) is 5.69 Å². The van der Waals surface area contributed by atoms with Gasteiger partial charge in [-0.15, -0.1) is 0 Å². The number of amides is 1. The average molecular weight is 611 g/mol. The monoisotopic (exact) mass is 610 g/mol. The van der Waals surface area contributed by atoms with Gasteiger partial charge in [-0.05, 0) is 81.3 Å². The van der Waals surface area contributed by atoms with Crippen molar-refractivity contribution in [3.63, 3.8) is 0 Å². The van der Waals surface area contributed by atoms with Crippen LogP contribution in [0.25, 0.3) is 0 Å². The first-order valence-corrected chi connectivity index (χ1v) is 15.6. The molecule has 5 rings (SSSR count). The lowest BCUT2D eigenvalue weighted by molar-refractivity contribution is -0.148. The second-order valence-electron chi connectivity index (χ2n) is 13.6. The number of carbonyl (C=O) groups excluding carboxylic acids is 3. The van der Waals surface area contributed by atoms with E-state index in [1.54, 1.807) is 25.1 Å². The highest BCUT2D eigenvalue weighted by molar-refractivity contribution is 6.24. The quantitative estimate of drug-likeness (QED) is 0.262. The summed E-state index contributed by atoms with van der Waals surface area (Å²) in [6.07, 6.45) is 5.09. The summed E-state index contributed by atoms with van der Waals surface area (Å²) in [7, 11) is 7.03. The molecule has 0 aliphatic heterocycles. The van der Waals surface area contributed by atoms with Crippen molar-refractivity contribution in [3.05, 3.63) is 45.4 Å². The summed E-state index contributed by atoms with van der Waals surface area (Å²) in [6, 6.07) is 0.593. The van der Waals surface area contributed by atoms with Gasteiger partial charge in [-0.25, -0.2) is 0 Å². The number of Topliss-reactive ketones (excluding diaryl/α,β-unsaturated/α-hetero) is 2. The molecule has 4 aliphatic rings. The number of nitrogens with zero attached hydrogens (tertiary/aromatic N) is 3. The van der Waals surface area contributed by atoms with Gasteiger partial charge in [0.1, 0.15) is 22.8 Å². The fourth-order valence-electron chi connectivity index (χ4n) is 8.35. The molecule has 1 amide bonds. The van der Waals surface area contributed by atoms with Crippen LogP contribution in [-0.4, -0.2) is 101 Å². The van der Waals surface area contributed by atoms with E-state index >= 15 is 0 Å². The molecule has 11 heteroatoms. The number of phenolic OH excluding ortho intramolecular Hbond substituents is 1. The molecule has 1 aromatic rings. The maximum Gasteiger partial charge on any atom is 0.255 e. The van der Waals surface area contributed by atoms with E-state index < -0.39 is 58.0 Å². The zero-order chi connectivity index (χ0) is 32.5. The molecule has 0 saturated heterocycles. The third-order valence-electron chi connectivity index (χ3n) is 10.8. The molecule has 11 nitrogen and oxygen atoms in total. The molecule has 240 valence electrons. The fraction of sp³-hybridized carbons (Fsp3) is 0.606. The average Bonchev–Trinajstić information content (AvgIpc) is 2.91. The second-order valence-corrected chi connectivity index (χ2v) is 13.6. The summed E-state index contributed by atoms with van der Waals surface area (Å²) in [5.41, 5.74) is 4.52. The molecule has 4 aliphatic carbocycles. The molecule has 1 aromatic carbocycles. The van der Waals surface area contributed by atoms with E-state index in [1.807, 2.05) is 19.0 Å².